The molecule has 3 heterocycles. The van der Waals surface area contributed by atoms with Crippen LogP contribution in [-0.4, -0.2) is 37.0 Å². The monoisotopic (exact) mass is 760 g/mol. The van der Waals surface area contributed by atoms with Crippen molar-refractivity contribution >= 4 is 65.7 Å². The maximum absolute atomic E-state index is 15.4. The largest absolute Gasteiger partial charge is 0.512 e. The van der Waals surface area contributed by atoms with Crippen LogP contribution in [0, 0.1) is 6.07 Å². The van der Waals surface area contributed by atoms with Crippen LogP contribution in [0.5, 0.6) is 0 Å². The molecule has 0 saturated carbocycles. The summed E-state index contributed by atoms with van der Waals surface area (Å²) < 4.78 is 15.4. The number of hydrogen-bond acceptors (Lipinski definition) is 5. The number of fused-ring (bicyclic) bond motifs is 4. The fraction of sp³-hybridized carbons (Fsp3) is 0.194. The fourth-order valence-corrected chi connectivity index (χ4v) is 19.6. The van der Waals surface area contributed by atoms with Crippen LogP contribution < -0.4 is 36.7 Å². The van der Waals surface area contributed by atoms with Crippen LogP contribution in [-0.2, 0) is 29.5 Å². The average Bonchev–Trinajstić information content (AvgIpc) is 2.91. The molecule has 0 bridgehead atoms. The number of rotatable bonds is 2. The summed E-state index contributed by atoms with van der Waals surface area (Å²) in [4.78, 5) is 18.9. The van der Waals surface area contributed by atoms with Crippen LogP contribution >= 0.6 is 7.14 Å². The molecule has 1 radical (unpaired) electrons. The van der Waals surface area contributed by atoms with Crippen molar-refractivity contribution in [2.24, 2.45) is 0 Å². The zero-order valence-corrected chi connectivity index (χ0v) is 28.7. The van der Waals surface area contributed by atoms with Crippen LogP contribution in [0.4, 0.5) is 0 Å². The Morgan fingerprint density at radius 1 is 0.900 bits per heavy atom. The summed E-state index contributed by atoms with van der Waals surface area (Å²) in [5, 5.41) is 16.6. The van der Waals surface area contributed by atoms with Crippen molar-refractivity contribution in [3.63, 3.8) is 0 Å². The van der Waals surface area contributed by atoms with E-state index in [2.05, 4.69) is 84.7 Å². The van der Waals surface area contributed by atoms with E-state index in [0.717, 1.165) is 27.2 Å². The Hall–Kier alpha value is -2.74. The molecule has 3 aromatic carbocycles. The maximum Gasteiger partial charge on any atom is 0.155 e. The summed E-state index contributed by atoms with van der Waals surface area (Å²) >= 11 is 0. The normalized spacial score (nSPS) is 19.0. The number of aliphatic hydroxyl groups excluding tert-OH is 1. The number of nitrogens with zero attached hydrogens (tertiary/aromatic N) is 2. The molecule has 9 heteroatoms. The molecule has 1 atom stereocenters. The first-order valence-corrected chi connectivity index (χ1v) is 20.7. The van der Waals surface area contributed by atoms with E-state index in [-0.39, 0.29) is 31.6 Å². The van der Waals surface area contributed by atoms with Crippen LogP contribution in [0.3, 0.4) is 0 Å². The molecule has 1 N–H and O–H groups in total. The number of aliphatic hydroxyl groups is 1. The third-order valence-corrected chi connectivity index (χ3v) is 18.7. The van der Waals surface area contributed by atoms with Crippen molar-refractivity contribution in [2.75, 3.05) is 0 Å². The van der Waals surface area contributed by atoms with Crippen LogP contribution in [0.25, 0.3) is 11.3 Å². The van der Waals surface area contributed by atoms with E-state index in [4.69, 9.17) is 5.11 Å². The Balaban J connectivity index is 0.000000413. The molecule has 1 unspecified atom stereocenters. The Labute approximate surface area is 251 Å². The second-order valence-corrected chi connectivity index (χ2v) is 22.4. The molecular formula is C31H32IrN2O3PSi2-. The van der Waals surface area contributed by atoms with E-state index in [1.54, 1.807) is 18.6 Å². The van der Waals surface area contributed by atoms with Gasteiger partial charge in [0.15, 0.2) is 5.78 Å². The number of aromatic nitrogens is 2. The molecule has 5 nitrogen and oxygen atoms in total. The molecule has 4 aromatic rings. The third-order valence-electron chi connectivity index (χ3n) is 7.74. The Morgan fingerprint density at radius 3 is 1.98 bits per heavy atom. The van der Waals surface area contributed by atoms with E-state index in [1.165, 1.54) is 40.7 Å². The molecule has 40 heavy (non-hydrogen) atoms. The molecular weight excluding hydrogens is 728 g/mol. The number of allylic oxidation sites excluding steroid dienone is 2. The number of carbonyl (C=O) groups is 1. The van der Waals surface area contributed by atoms with Crippen molar-refractivity contribution in [1.82, 2.24) is 9.97 Å². The van der Waals surface area contributed by atoms with E-state index in [1.807, 2.05) is 12.1 Å². The molecule has 2 aliphatic heterocycles. The number of ketones is 1. The molecule has 2 aliphatic rings. The summed E-state index contributed by atoms with van der Waals surface area (Å²) in [5.41, 5.74) is 1.80. The van der Waals surface area contributed by atoms with Crippen LogP contribution in [0.2, 0.25) is 26.2 Å². The van der Waals surface area contributed by atoms with Gasteiger partial charge in [0, 0.05) is 61.1 Å². The van der Waals surface area contributed by atoms with Gasteiger partial charge in [0.1, 0.15) is 7.14 Å². The molecule has 1 aromatic heterocycles. The summed E-state index contributed by atoms with van der Waals surface area (Å²) in [6, 6.07) is 22.9. The van der Waals surface area contributed by atoms with Crippen molar-refractivity contribution < 1.29 is 34.6 Å². The van der Waals surface area contributed by atoms with Gasteiger partial charge in [0.2, 0.25) is 0 Å². The van der Waals surface area contributed by atoms with Gasteiger partial charge in [-0.1, -0.05) is 80.0 Å². The SMILES string of the molecule is CC(=O)/C=C(/C)O.C[Si]1(C)c2[c-]c(-c3cnccn3)cc3c2P(=O)(c2ccccc21)c1ccccc1[Si]3(C)C.[Ir]. The quantitative estimate of drug-likeness (QED) is 0.112. The predicted octanol–water partition coefficient (Wildman–Crippen LogP) is 2.89. The number of hydrogen-bond donors (Lipinski definition) is 1. The van der Waals surface area contributed by atoms with Gasteiger partial charge in [-0.3, -0.25) is 9.78 Å². The summed E-state index contributed by atoms with van der Waals surface area (Å²) in [6.45, 7) is 12.4. The van der Waals surface area contributed by atoms with E-state index in [0.29, 0.717) is 0 Å². The molecule has 0 amide bonds. The molecule has 6 rings (SSSR count). The molecule has 207 valence electrons. The first kappa shape index (κ1) is 30.2. The van der Waals surface area contributed by atoms with E-state index in [9.17, 15) is 4.79 Å². The predicted molar refractivity (Wildman–Crippen MR) is 166 cm³/mol. The van der Waals surface area contributed by atoms with Gasteiger partial charge >= 0.3 is 0 Å². The molecule has 0 spiro atoms. The minimum absolute atomic E-state index is 0. The van der Waals surface area contributed by atoms with Crippen molar-refractivity contribution in [3.8, 4) is 11.3 Å². The average molecular weight is 760 g/mol. The zero-order valence-electron chi connectivity index (χ0n) is 23.4. The van der Waals surface area contributed by atoms with E-state index >= 15 is 4.57 Å². The van der Waals surface area contributed by atoms with Gasteiger partial charge in [-0.05, 0) is 24.2 Å². The Bertz CT molecular complexity index is 1620. The molecule has 0 aliphatic carbocycles. The van der Waals surface area contributed by atoms with Gasteiger partial charge < -0.3 is 14.7 Å². The topological polar surface area (TPSA) is 80.2 Å². The van der Waals surface area contributed by atoms with Gasteiger partial charge in [0.25, 0.3) is 0 Å². The summed E-state index contributed by atoms with van der Waals surface area (Å²) in [6.07, 6.45) is 6.40. The second-order valence-electron chi connectivity index (χ2n) is 11.2. The first-order valence-electron chi connectivity index (χ1n) is 13.0. The molecule has 0 fully saturated rings. The maximum atomic E-state index is 15.4. The number of benzene rings is 3. The standard InChI is InChI=1S/C26H24N2OPSi2.C5H8O2.Ir/c1-31(2)22-11-7-5-9-20(22)30(29)21-10-6-8-12-23(21)32(3,4)25-16-18(15-24(31)26(25)30)19-17-27-13-14-28-19;1-4(6)3-5(2)7;/h5-15,17H,1-4H3;3,6H,1-2H3;/q-1;;/b;4-3-;. The smallest absolute Gasteiger partial charge is 0.155 e. The minimum atomic E-state index is -2.98. The minimum Gasteiger partial charge on any atom is -0.512 e. The van der Waals surface area contributed by atoms with Crippen molar-refractivity contribution in [1.29, 1.82) is 0 Å². The molecule has 0 saturated heterocycles. The first-order chi connectivity index (χ1) is 18.4. The zero-order chi connectivity index (χ0) is 28.2. The van der Waals surface area contributed by atoms with Gasteiger partial charge in [-0.2, -0.15) is 0 Å². The second kappa shape index (κ2) is 10.9. The van der Waals surface area contributed by atoms with Crippen molar-refractivity contribution in [2.45, 2.75) is 40.0 Å². The van der Waals surface area contributed by atoms with Gasteiger partial charge in [-0.25, -0.2) is 0 Å². The summed E-state index contributed by atoms with van der Waals surface area (Å²) in [7, 11) is -7.22. The third kappa shape index (κ3) is 4.76. The van der Waals surface area contributed by atoms with Crippen LogP contribution in [0.1, 0.15) is 13.8 Å². The summed E-state index contributed by atoms with van der Waals surface area (Å²) in [5.74, 6) is -0.0625. The van der Waals surface area contributed by atoms with Gasteiger partial charge in [-0.15, -0.1) is 28.1 Å². The Morgan fingerprint density at radius 2 is 1.48 bits per heavy atom. The van der Waals surface area contributed by atoms with E-state index < -0.39 is 23.3 Å². The van der Waals surface area contributed by atoms with Crippen molar-refractivity contribution in [3.05, 3.63) is 91.1 Å². The fourth-order valence-electron chi connectivity index (χ4n) is 5.91. The van der Waals surface area contributed by atoms with Crippen LogP contribution in [0.15, 0.2) is 85.0 Å². The van der Waals surface area contributed by atoms with Gasteiger partial charge in [0.05, 0.1) is 21.9 Å². The number of carbonyl (C=O) groups excluding carboxylic acids is 1. The Kier molecular flexibility index (Phi) is 8.25.